The van der Waals surface area contributed by atoms with E-state index in [0.29, 0.717) is 17.9 Å². The lowest BCUT2D eigenvalue weighted by Crippen LogP contribution is -2.51. The third-order valence-electron chi connectivity index (χ3n) is 6.69. The van der Waals surface area contributed by atoms with Gasteiger partial charge in [0.25, 0.3) is 0 Å². The SMILES string of the molecule is COc1ccc(N(CCCC(=O)N(Cc2ccc(C)cc2)C(Cc2ccccc2)C(=O)NC(C)C)S(C)(=O)=O)cc1. The molecule has 1 N–H and O–H groups in total. The number of carbonyl (C=O) groups excluding carboxylic acids is 2. The Hall–Kier alpha value is -3.85. The lowest BCUT2D eigenvalue weighted by atomic mass is 10.0. The number of hydrogen-bond donors (Lipinski definition) is 1. The minimum atomic E-state index is -3.59. The molecule has 9 heteroatoms. The highest BCUT2D eigenvalue weighted by atomic mass is 32.2. The van der Waals surface area contributed by atoms with Crippen molar-refractivity contribution in [3.63, 3.8) is 0 Å². The summed E-state index contributed by atoms with van der Waals surface area (Å²) in [5.41, 5.74) is 3.45. The number of hydrogen-bond acceptors (Lipinski definition) is 5. The monoisotopic (exact) mass is 579 g/mol. The normalized spacial score (nSPS) is 12.0. The van der Waals surface area contributed by atoms with Gasteiger partial charge < -0.3 is 15.0 Å². The molecular weight excluding hydrogens is 538 g/mol. The average Bonchev–Trinajstić information content (AvgIpc) is 2.93. The first kappa shape index (κ1) is 31.7. The van der Waals surface area contributed by atoms with Crippen LogP contribution in [0.25, 0.3) is 0 Å². The molecule has 0 spiro atoms. The summed E-state index contributed by atoms with van der Waals surface area (Å²) in [7, 11) is -2.04. The summed E-state index contributed by atoms with van der Waals surface area (Å²) in [6.07, 6.45) is 1.87. The minimum Gasteiger partial charge on any atom is -0.497 e. The van der Waals surface area contributed by atoms with Crippen molar-refractivity contribution in [2.24, 2.45) is 0 Å². The Bertz CT molecular complexity index is 1380. The van der Waals surface area contributed by atoms with E-state index in [0.717, 1.165) is 22.9 Å². The third kappa shape index (κ3) is 9.63. The van der Waals surface area contributed by atoms with Gasteiger partial charge in [0.05, 0.1) is 19.1 Å². The molecule has 0 aliphatic rings. The van der Waals surface area contributed by atoms with Gasteiger partial charge >= 0.3 is 0 Å². The van der Waals surface area contributed by atoms with Gasteiger partial charge in [0.15, 0.2) is 0 Å². The second-order valence-corrected chi connectivity index (χ2v) is 12.4. The number of nitrogens with one attached hydrogen (secondary N) is 1. The Labute approximate surface area is 244 Å². The molecule has 0 radical (unpaired) electrons. The molecule has 8 nitrogen and oxygen atoms in total. The zero-order chi connectivity index (χ0) is 30.0. The van der Waals surface area contributed by atoms with Gasteiger partial charge in [-0.25, -0.2) is 8.42 Å². The molecule has 0 aromatic heterocycles. The molecule has 0 aliphatic heterocycles. The van der Waals surface area contributed by atoms with Gasteiger partial charge in [-0.05, 0) is 62.6 Å². The van der Waals surface area contributed by atoms with Crippen LogP contribution in [0.2, 0.25) is 0 Å². The van der Waals surface area contributed by atoms with Crippen molar-refractivity contribution in [2.75, 3.05) is 24.2 Å². The number of nitrogens with zero attached hydrogens (tertiary/aromatic N) is 2. The van der Waals surface area contributed by atoms with Crippen LogP contribution in [0.1, 0.15) is 43.4 Å². The van der Waals surface area contributed by atoms with E-state index in [-0.39, 0.29) is 43.8 Å². The van der Waals surface area contributed by atoms with Crippen LogP contribution in [0.15, 0.2) is 78.9 Å². The Morgan fingerprint density at radius 2 is 1.54 bits per heavy atom. The number of ether oxygens (including phenoxy) is 1. The van der Waals surface area contributed by atoms with E-state index in [1.54, 1.807) is 36.3 Å². The average molecular weight is 580 g/mol. The van der Waals surface area contributed by atoms with E-state index in [9.17, 15) is 18.0 Å². The Morgan fingerprint density at radius 3 is 2.10 bits per heavy atom. The molecule has 0 heterocycles. The van der Waals surface area contributed by atoms with Crippen LogP contribution < -0.4 is 14.4 Å². The Balaban J connectivity index is 1.86. The van der Waals surface area contributed by atoms with Gasteiger partial charge in [-0.1, -0.05) is 60.2 Å². The van der Waals surface area contributed by atoms with E-state index >= 15 is 0 Å². The van der Waals surface area contributed by atoms with Crippen molar-refractivity contribution >= 4 is 27.5 Å². The van der Waals surface area contributed by atoms with Crippen molar-refractivity contribution in [1.82, 2.24) is 10.2 Å². The smallest absolute Gasteiger partial charge is 0.243 e. The summed E-state index contributed by atoms with van der Waals surface area (Å²) < 4.78 is 31.7. The van der Waals surface area contributed by atoms with Crippen molar-refractivity contribution in [3.05, 3.63) is 95.6 Å². The highest BCUT2D eigenvalue weighted by molar-refractivity contribution is 7.92. The molecule has 41 heavy (non-hydrogen) atoms. The molecule has 0 saturated heterocycles. The first-order chi connectivity index (χ1) is 19.5. The van der Waals surface area contributed by atoms with Gasteiger partial charge in [-0.3, -0.25) is 13.9 Å². The number of rotatable bonds is 14. The number of methoxy groups -OCH3 is 1. The van der Waals surface area contributed by atoms with Gasteiger partial charge in [0.2, 0.25) is 21.8 Å². The molecule has 3 aromatic carbocycles. The van der Waals surface area contributed by atoms with Crippen LogP contribution in [0, 0.1) is 6.92 Å². The molecule has 0 aliphatic carbocycles. The Kier molecular flexibility index (Phi) is 11.3. The van der Waals surface area contributed by atoms with Crippen LogP contribution >= 0.6 is 0 Å². The zero-order valence-electron chi connectivity index (χ0n) is 24.5. The van der Waals surface area contributed by atoms with E-state index < -0.39 is 16.1 Å². The number of sulfonamides is 1. The second kappa shape index (κ2) is 14.7. The van der Waals surface area contributed by atoms with Crippen molar-refractivity contribution in [1.29, 1.82) is 0 Å². The quantitative estimate of drug-likeness (QED) is 0.298. The number of amides is 2. The summed E-state index contributed by atoms with van der Waals surface area (Å²) in [5.74, 6) is 0.183. The molecule has 1 unspecified atom stereocenters. The maximum atomic E-state index is 13.8. The van der Waals surface area contributed by atoms with E-state index in [1.165, 1.54) is 4.31 Å². The largest absolute Gasteiger partial charge is 0.497 e. The minimum absolute atomic E-state index is 0.0777. The van der Waals surface area contributed by atoms with Crippen molar-refractivity contribution < 1.29 is 22.7 Å². The van der Waals surface area contributed by atoms with E-state index in [2.05, 4.69) is 5.32 Å². The molecule has 0 fully saturated rings. The van der Waals surface area contributed by atoms with Gasteiger partial charge in [-0.15, -0.1) is 0 Å². The van der Waals surface area contributed by atoms with Crippen LogP contribution in [0.5, 0.6) is 5.75 Å². The number of carbonyl (C=O) groups is 2. The molecule has 220 valence electrons. The van der Waals surface area contributed by atoms with Gasteiger partial charge in [-0.2, -0.15) is 0 Å². The van der Waals surface area contributed by atoms with Gasteiger partial charge in [0.1, 0.15) is 11.8 Å². The van der Waals surface area contributed by atoms with E-state index in [1.807, 2.05) is 75.4 Å². The summed E-state index contributed by atoms with van der Waals surface area (Å²) in [4.78, 5) is 29.0. The van der Waals surface area contributed by atoms with Crippen LogP contribution in [-0.4, -0.2) is 57.1 Å². The molecular formula is C32H41N3O5S. The molecule has 2 amide bonds. The Morgan fingerprint density at radius 1 is 0.902 bits per heavy atom. The lowest BCUT2D eigenvalue weighted by molar-refractivity contribution is -0.141. The fraction of sp³-hybridized carbons (Fsp3) is 0.375. The highest BCUT2D eigenvalue weighted by Gasteiger charge is 2.31. The van der Waals surface area contributed by atoms with Crippen LogP contribution in [-0.2, 0) is 32.6 Å². The van der Waals surface area contributed by atoms with Crippen molar-refractivity contribution in [2.45, 2.75) is 58.7 Å². The van der Waals surface area contributed by atoms with Crippen molar-refractivity contribution in [3.8, 4) is 5.75 Å². The van der Waals surface area contributed by atoms with Gasteiger partial charge in [0, 0.05) is 32.0 Å². The number of aryl methyl sites for hydroxylation is 1. The maximum absolute atomic E-state index is 13.8. The van der Waals surface area contributed by atoms with Crippen LogP contribution in [0.3, 0.4) is 0 Å². The summed E-state index contributed by atoms with van der Waals surface area (Å²) in [6.45, 7) is 6.16. The summed E-state index contributed by atoms with van der Waals surface area (Å²) in [6, 6.07) is 23.5. The zero-order valence-corrected chi connectivity index (χ0v) is 25.4. The predicted octanol–water partition coefficient (Wildman–Crippen LogP) is 4.71. The molecule has 0 bridgehead atoms. The first-order valence-electron chi connectivity index (χ1n) is 13.8. The molecule has 1 atom stereocenters. The maximum Gasteiger partial charge on any atom is 0.243 e. The lowest BCUT2D eigenvalue weighted by Gasteiger charge is -2.32. The fourth-order valence-corrected chi connectivity index (χ4v) is 5.54. The standard InChI is InChI=1S/C32H41N3O5S/c1-24(2)33-32(37)30(22-26-10-7-6-8-11-26)34(23-27-15-13-25(3)14-16-27)31(36)12-9-21-35(41(5,38)39)28-17-19-29(40-4)20-18-28/h6-8,10-11,13-20,24,30H,9,12,21-23H2,1-5H3,(H,33,37). The molecule has 3 aromatic rings. The topological polar surface area (TPSA) is 96.0 Å². The summed E-state index contributed by atoms with van der Waals surface area (Å²) in [5, 5.41) is 2.99. The second-order valence-electron chi connectivity index (χ2n) is 10.5. The highest BCUT2D eigenvalue weighted by Crippen LogP contribution is 2.23. The fourth-order valence-electron chi connectivity index (χ4n) is 4.58. The third-order valence-corrected chi connectivity index (χ3v) is 7.88. The molecule has 0 saturated carbocycles. The van der Waals surface area contributed by atoms with Crippen LogP contribution in [0.4, 0.5) is 5.69 Å². The summed E-state index contributed by atoms with van der Waals surface area (Å²) >= 11 is 0. The predicted molar refractivity (Wildman–Crippen MR) is 163 cm³/mol. The molecule has 3 rings (SSSR count). The number of anilines is 1. The first-order valence-corrected chi connectivity index (χ1v) is 15.6. The number of benzene rings is 3. The van der Waals surface area contributed by atoms with E-state index in [4.69, 9.17) is 4.74 Å².